The van der Waals surface area contributed by atoms with Gasteiger partial charge in [-0.1, -0.05) is 66.4 Å². The van der Waals surface area contributed by atoms with Crippen molar-refractivity contribution in [1.29, 1.82) is 0 Å². The van der Waals surface area contributed by atoms with Gasteiger partial charge in [-0.2, -0.15) is 0 Å². The Kier molecular flexibility index (Phi) is 6.93. The van der Waals surface area contributed by atoms with Gasteiger partial charge in [0.25, 0.3) is 11.6 Å². The Morgan fingerprint density at radius 3 is 2.53 bits per heavy atom. The maximum Gasteiger partial charge on any atom is 0.280 e. The summed E-state index contributed by atoms with van der Waals surface area (Å²) in [5.74, 6) is -0.0425. The van der Waals surface area contributed by atoms with Crippen LogP contribution >= 0.6 is 11.8 Å². The molecular weight excluding hydrogens is 454 g/mol. The van der Waals surface area contributed by atoms with Crippen LogP contribution < -0.4 is 10.2 Å². The standard InChI is InChI=1S/C25H21N3O5S/c1-33-21-12-10-19(11-13-21)25-27(26-23(29)16-17-6-3-2-4-7-17)24(30)22(34-25)15-18-8-5-9-20(14-18)28(31)32/h2-15,25H,16H2,1H3,(H,26,29)/b22-15-. The van der Waals surface area contributed by atoms with E-state index >= 15 is 0 Å². The van der Waals surface area contributed by atoms with Crippen LogP contribution in [0.15, 0.2) is 83.8 Å². The van der Waals surface area contributed by atoms with E-state index in [0.717, 1.165) is 11.1 Å². The average molecular weight is 476 g/mol. The summed E-state index contributed by atoms with van der Waals surface area (Å²) < 4.78 is 5.22. The van der Waals surface area contributed by atoms with Crippen molar-refractivity contribution in [2.75, 3.05) is 7.11 Å². The molecule has 1 saturated heterocycles. The number of hydrogen-bond acceptors (Lipinski definition) is 6. The number of methoxy groups -OCH3 is 1. The van der Waals surface area contributed by atoms with Gasteiger partial charge in [-0.05, 0) is 34.9 Å². The molecule has 2 amide bonds. The molecule has 0 spiro atoms. The molecule has 1 heterocycles. The quantitative estimate of drug-likeness (QED) is 0.307. The number of thioether (sulfide) groups is 1. The van der Waals surface area contributed by atoms with Crippen molar-refractivity contribution in [1.82, 2.24) is 10.4 Å². The summed E-state index contributed by atoms with van der Waals surface area (Å²) in [6.45, 7) is 0. The van der Waals surface area contributed by atoms with Gasteiger partial charge in [0.2, 0.25) is 5.91 Å². The molecule has 0 bridgehead atoms. The van der Waals surface area contributed by atoms with Gasteiger partial charge >= 0.3 is 0 Å². The van der Waals surface area contributed by atoms with Crippen LogP contribution in [0.4, 0.5) is 5.69 Å². The van der Waals surface area contributed by atoms with Crippen molar-refractivity contribution >= 4 is 35.3 Å². The predicted octanol–water partition coefficient (Wildman–Crippen LogP) is 4.49. The number of hydrogen-bond donors (Lipinski definition) is 1. The Morgan fingerprint density at radius 2 is 1.85 bits per heavy atom. The maximum absolute atomic E-state index is 13.3. The summed E-state index contributed by atoms with van der Waals surface area (Å²) in [6.07, 6.45) is 1.72. The Labute approximate surface area is 200 Å². The first-order chi connectivity index (χ1) is 16.4. The van der Waals surface area contributed by atoms with E-state index in [1.165, 1.54) is 28.9 Å². The van der Waals surface area contributed by atoms with Gasteiger partial charge in [0.1, 0.15) is 11.1 Å². The SMILES string of the molecule is COc1ccc(C2S/C(=C\c3cccc([N+](=O)[O-])c3)C(=O)N2NC(=O)Cc2ccccc2)cc1. The minimum atomic E-state index is -0.511. The molecule has 1 fully saturated rings. The highest BCUT2D eigenvalue weighted by atomic mass is 32.2. The zero-order valence-electron chi connectivity index (χ0n) is 18.2. The molecule has 1 atom stereocenters. The van der Waals surface area contributed by atoms with E-state index < -0.39 is 16.2 Å². The number of carbonyl (C=O) groups excluding carboxylic acids is 2. The molecule has 0 saturated carbocycles. The second kappa shape index (κ2) is 10.2. The molecule has 3 aromatic rings. The summed E-state index contributed by atoms with van der Waals surface area (Å²) in [6, 6.07) is 22.5. The molecule has 4 rings (SSSR count). The van der Waals surface area contributed by atoms with Crippen molar-refractivity contribution in [2.24, 2.45) is 0 Å². The number of nitrogens with zero attached hydrogens (tertiary/aromatic N) is 2. The normalized spacial score (nSPS) is 16.5. The van der Waals surface area contributed by atoms with Gasteiger partial charge in [0.15, 0.2) is 0 Å². The summed E-state index contributed by atoms with van der Waals surface area (Å²) in [5.41, 5.74) is 4.82. The first-order valence-corrected chi connectivity index (χ1v) is 11.3. The van der Waals surface area contributed by atoms with E-state index in [9.17, 15) is 19.7 Å². The van der Waals surface area contributed by atoms with Crippen LogP contribution in [0.25, 0.3) is 6.08 Å². The van der Waals surface area contributed by atoms with E-state index in [-0.39, 0.29) is 18.0 Å². The van der Waals surface area contributed by atoms with Crippen molar-refractivity contribution in [3.8, 4) is 5.75 Å². The van der Waals surface area contributed by atoms with Crippen LogP contribution in [0.2, 0.25) is 0 Å². The molecule has 1 aliphatic rings. The van der Waals surface area contributed by atoms with Crippen LogP contribution in [0.3, 0.4) is 0 Å². The van der Waals surface area contributed by atoms with Crippen LogP contribution in [0, 0.1) is 10.1 Å². The van der Waals surface area contributed by atoms with E-state index in [1.807, 2.05) is 42.5 Å². The topological polar surface area (TPSA) is 102 Å². The molecule has 1 aliphatic heterocycles. The van der Waals surface area contributed by atoms with Crippen molar-refractivity contribution in [3.05, 3.63) is 111 Å². The third-order valence-corrected chi connectivity index (χ3v) is 6.39. The van der Waals surface area contributed by atoms with Gasteiger partial charge in [0, 0.05) is 12.1 Å². The van der Waals surface area contributed by atoms with Crippen molar-refractivity contribution in [2.45, 2.75) is 11.8 Å². The summed E-state index contributed by atoms with van der Waals surface area (Å²) in [7, 11) is 1.57. The molecule has 34 heavy (non-hydrogen) atoms. The Morgan fingerprint density at radius 1 is 1.12 bits per heavy atom. The molecule has 0 aliphatic carbocycles. The largest absolute Gasteiger partial charge is 0.497 e. The fraction of sp³-hybridized carbons (Fsp3) is 0.120. The second-order valence-corrected chi connectivity index (χ2v) is 8.60. The van der Waals surface area contributed by atoms with E-state index in [0.29, 0.717) is 16.2 Å². The number of non-ortho nitro benzene ring substituents is 1. The van der Waals surface area contributed by atoms with Crippen molar-refractivity contribution < 1.29 is 19.2 Å². The summed E-state index contributed by atoms with van der Waals surface area (Å²) >= 11 is 1.26. The van der Waals surface area contributed by atoms with Gasteiger partial charge in [-0.3, -0.25) is 25.1 Å². The first-order valence-electron chi connectivity index (χ1n) is 10.4. The fourth-order valence-corrected chi connectivity index (χ4v) is 4.66. The number of nitrogens with one attached hydrogen (secondary N) is 1. The lowest BCUT2D eigenvalue weighted by Gasteiger charge is -2.24. The number of ether oxygens (including phenoxy) is 1. The predicted molar refractivity (Wildman–Crippen MR) is 130 cm³/mol. The molecule has 0 aromatic heterocycles. The number of nitro benzene ring substituents is 1. The molecule has 1 unspecified atom stereocenters. The Balaban J connectivity index is 1.63. The maximum atomic E-state index is 13.3. The summed E-state index contributed by atoms with van der Waals surface area (Å²) in [4.78, 5) is 37.0. The lowest BCUT2D eigenvalue weighted by molar-refractivity contribution is -0.384. The monoisotopic (exact) mass is 475 g/mol. The van der Waals surface area contributed by atoms with E-state index in [2.05, 4.69) is 5.43 Å². The van der Waals surface area contributed by atoms with E-state index in [4.69, 9.17) is 4.74 Å². The van der Waals surface area contributed by atoms with Crippen molar-refractivity contribution in [3.63, 3.8) is 0 Å². The van der Waals surface area contributed by atoms with Crippen LogP contribution in [0.1, 0.15) is 22.1 Å². The van der Waals surface area contributed by atoms with Gasteiger partial charge < -0.3 is 4.74 Å². The van der Waals surface area contributed by atoms with Gasteiger partial charge in [-0.15, -0.1) is 0 Å². The molecule has 9 heteroatoms. The molecule has 1 N–H and O–H groups in total. The van der Waals surface area contributed by atoms with Crippen LogP contribution in [-0.4, -0.2) is 28.9 Å². The Hall–Kier alpha value is -4.11. The zero-order chi connectivity index (χ0) is 24.1. The minimum Gasteiger partial charge on any atom is -0.497 e. The summed E-state index contributed by atoms with van der Waals surface area (Å²) in [5, 5.41) is 11.9. The zero-order valence-corrected chi connectivity index (χ0v) is 19.0. The van der Waals surface area contributed by atoms with Gasteiger partial charge in [-0.25, -0.2) is 5.01 Å². The third-order valence-electron chi connectivity index (χ3n) is 5.14. The number of hydrazine groups is 1. The fourth-order valence-electron chi connectivity index (χ4n) is 3.47. The lowest BCUT2D eigenvalue weighted by Crippen LogP contribution is -2.44. The Bertz CT molecular complexity index is 1240. The van der Waals surface area contributed by atoms with Crippen LogP contribution in [0.5, 0.6) is 5.75 Å². The highest BCUT2D eigenvalue weighted by molar-refractivity contribution is 8.04. The molecular formula is C25H21N3O5S. The number of nitro groups is 1. The number of benzene rings is 3. The second-order valence-electron chi connectivity index (χ2n) is 7.48. The van der Waals surface area contributed by atoms with Gasteiger partial charge in [0.05, 0.1) is 23.4 Å². The molecule has 3 aromatic carbocycles. The highest BCUT2D eigenvalue weighted by Crippen LogP contribution is 2.45. The highest BCUT2D eigenvalue weighted by Gasteiger charge is 2.38. The number of rotatable bonds is 7. The molecule has 172 valence electrons. The van der Waals surface area contributed by atoms with Crippen LogP contribution in [-0.2, 0) is 16.0 Å². The smallest absolute Gasteiger partial charge is 0.280 e. The lowest BCUT2D eigenvalue weighted by atomic mass is 10.1. The first kappa shape index (κ1) is 23.1. The molecule has 8 nitrogen and oxygen atoms in total. The number of amides is 2. The van der Waals surface area contributed by atoms with E-state index in [1.54, 1.807) is 37.5 Å². The molecule has 0 radical (unpaired) electrons. The minimum absolute atomic E-state index is 0.0653. The third kappa shape index (κ3) is 5.26. The number of carbonyl (C=O) groups is 2. The average Bonchev–Trinajstić information content (AvgIpc) is 3.14.